The van der Waals surface area contributed by atoms with Gasteiger partial charge in [0.2, 0.25) is 5.91 Å². The van der Waals surface area contributed by atoms with Crippen LogP contribution >= 0.6 is 0 Å². The Labute approximate surface area is 411 Å². The van der Waals surface area contributed by atoms with Gasteiger partial charge in [-0.25, -0.2) is 4.68 Å². The first-order valence-electron chi connectivity index (χ1n) is 23.8. The maximum Gasteiger partial charge on any atom is 0.260 e. The van der Waals surface area contributed by atoms with Crippen LogP contribution in [0.2, 0.25) is 0 Å². The number of imide groups is 1. The van der Waals surface area contributed by atoms with Gasteiger partial charge in [-0.3, -0.25) is 38.9 Å². The number of nitrogens with one attached hydrogen (secondary N) is 1. The third kappa shape index (κ3) is 13.0. The van der Waals surface area contributed by atoms with E-state index in [9.17, 15) is 24.0 Å². The Morgan fingerprint density at radius 3 is 1.82 bits per heavy atom. The maximum absolute atomic E-state index is 13.8. The van der Waals surface area contributed by atoms with Crippen LogP contribution in [0.4, 0.5) is 11.4 Å². The molecule has 0 aliphatic carbocycles. The van der Waals surface area contributed by atoms with Crippen LogP contribution < -0.4 is 24.3 Å². The molecule has 0 bridgehead atoms. The number of hydrogen-bond donors (Lipinski definition) is 1. The molecule has 71 heavy (non-hydrogen) atoms. The molecule has 0 saturated carbocycles. The average Bonchev–Trinajstić information content (AvgIpc) is 4.13. The summed E-state index contributed by atoms with van der Waals surface area (Å²) in [4.78, 5) is 76.0. The summed E-state index contributed by atoms with van der Waals surface area (Å²) in [6.45, 7) is 7.75. The molecule has 1 N–H and O–H groups in total. The summed E-state index contributed by atoms with van der Waals surface area (Å²) in [5.41, 5.74) is 4.74. The average molecular weight is 978 g/mol. The number of ether oxygens (including phenoxy) is 7. The topological polar surface area (TPSA) is 227 Å². The standard InChI is InChI=1S/C50H59N9O12/c1-33-21-36-27-52-40-25-44(42(65-3)23-38(40)49(63)58(36)29-33)69-13-5-4-6-14-70-45-26-41-39(50(64)59-30-34(2)22-37(59)28-53-41)24-43(45)71-32-35-31-56(55-54-35)12-16-67-18-20-68-19-17-66-15-10-51-46(60)9-11-57-47(61)7-8-48(57)62/h7-8,23-31,36-37H,4-6,9-22,32H2,1-3H3,(H,51,60)/t36-,37-/m0/s1. The number of unbranched alkanes of at least 4 members (excludes halogenated alkanes) is 2. The summed E-state index contributed by atoms with van der Waals surface area (Å²) in [5, 5.41) is 11.2. The van der Waals surface area contributed by atoms with Crippen LogP contribution in [0.15, 0.2) is 76.1 Å². The highest BCUT2D eigenvalue weighted by molar-refractivity contribution is 6.13. The van der Waals surface area contributed by atoms with Crippen molar-refractivity contribution in [3.63, 3.8) is 0 Å². The maximum atomic E-state index is 13.8. The summed E-state index contributed by atoms with van der Waals surface area (Å²) < 4.78 is 42.7. The van der Waals surface area contributed by atoms with Gasteiger partial charge >= 0.3 is 0 Å². The second kappa shape index (κ2) is 24.1. The SMILES string of the molecule is COc1cc2c(cc1OCCCCCOc1cc3c(cc1OCc1cn(CCOCCOCCOCCNC(=O)CCN4C(=O)C=CC4=O)nn1)C(=O)N1C=C(C)C[C@H]1C=N3)N=C[C@@H]1CC(C)=CN1C2=O. The lowest BCUT2D eigenvalue weighted by atomic mass is 10.1. The van der Waals surface area contributed by atoms with E-state index in [1.54, 1.807) is 58.3 Å². The van der Waals surface area contributed by atoms with Gasteiger partial charge < -0.3 is 48.3 Å². The molecule has 6 heterocycles. The van der Waals surface area contributed by atoms with E-state index < -0.39 is 11.8 Å². The summed E-state index contributed by atoms with van der Waals surface area (Å²) in [6.07, 6.45) is 15.3. The molecule has 3 aromatic rings. The molecule has 0 saturated heterocycles. The molecule has 5 amide bonds. The number of aliphatic imine (C=N–C) groups is 2. The van der Waals surface area contributed by atoms with Crippen molar-refractivity contribution in [2.24, 2.45) is 9.98 Å². The highest BCUT2D eigenvalue weighted by Crippen LogP contribution is 2.40. The zero-order valence-electron chi connectivity index (χ0n) is 40.2. The second-order valence-corrected chi connectivity index (χ2v) is 17.4. The first-order valence-corrected chi connectivity index (χ1v) is 23.8. The van der Waals surface area contributed by atoms with Gasteiger partial charge in [0, 0.05) is 68.6 Å². The Morgan fingerprint density at radius 1 is 0.662 bits per heavy atom. The minimum Gasteiger partial charge on any atom is -0.493 e. The van der Waals surface area contributed by atoms with Crippen LogP contribution in [0.5, 0.6) is 23.0 Å². The molecule has 1 aromatic heterocycles. The zero-order chi connectivity index (χ0) is 49.7. The van der Waals surface area contributed by atoms with E-state index in [0.29, 0.717) is 124 Å². The lowest BCUT2D eigenvalue weighted by molar-refractivity contribution is -0.137. The Bertz CT molecular complexity index is 2600. The summed E-state index contributed by atoms with van der Waals surface area (Å²) in [5.74, 6) is 0.446. The number of amides is 5. The molecular formula is C50H59N9O12. The van der Waals surface area contributed by atoms with Crippen LogP contribution in [0.3, 0.4) is 0 Å². The number of benzene rings is 2. The van der Waals surface area contributed by atoms with E-state index in [4.69, 9.17) is 38.2 Å². The minimum atomic E-state index is -0.413. The molecule has 21 nitrogen and oxygen atoms in total. The van der Waals surface area contributed by atoms with Gasteiger partial charge in [-0.05, 0) is 58.1 Å². The number of hydrogen-bond acceptors (Lipinski definition) is 16. The number of methoxy groups -OCH3 is 1. The van der Waals surface area contributed by atoms with Gasteiger partial charge in [0.15, 0.2) is 23.0 Å². The molecule has 5 aliphatic rings. The number of fused-ring (bicyclic) bond motifs is 4. The predicted octanol–water partition coefficient (Wildman–Crippen LogP) is 4.64. The lowest BCUT2D eigenvalue weighted by Crippen LogP contribution is -2.35. The van der Waals surface area contributed by atoms with Crippen molar-refractivity contribution in [1.82, 2.24) is 35.0 Å². The van der Waals surface area contributed by atoms with Gasteiger partial charge in [0.25, 0.3) is 23.6 Å². The monoisotopic (exact) mass is 977 g/mol. The third-order valence-corrected chi connectivity index (χ3v) is 12.0. The first kappa shape index (κ1) is 50.2. The Morgan fingerprint density at radius 2 is 1.21 bits per heavy atom. The van der Waals surface area contributed by atoms with Gasteiger partial charge in [0.1, 0.15) is 12.3 Å². The summed E-state index contributed by atoms with van der Waals surface area (Å²) in [7, 11) is 1.55. The van der Waals surface area contributed by atoms with Crippen molar-refractivity contribution in [3.05, 3.63) is 83.0 Å². The van der Waals surface area contributed by atoms with Crippen molar-refractivity contribution >= 4 is 53.3 Å². The molecule has 2 aromatic carbocycles. The highest BCUT2D eigenvalue weighted by atomic mass is 16.5. The Balaban J connectivity index is 0.748. The lowest BCUT2D eigenvalue weighted by Gasteiger charge is -2.19. The Kier molecular flexibility index (Phi) is 17.0. The predicted molar refractivity (Wildman–Crippen MR) is 258 cm³/mol. The molecule has 376 valence electrons. The van der Waals surface area contributed by atoms with E-state index >= 15 is 0 Å². The number of nitrogens with zero attached hydrogens (tertiary/aromatic N) is 8. The summed E-state index contributed by atoms with van der Waals surface area (Å²) >= 11 is 0. The number of carbonyl (C=O) groups excluding carboxylic acids is 5. The molecule has 2 atom stereocenters. The van der Waals surface area contributed by atoms with E-state index in [1.807, 2.05) is 32.5 Å². The molecule has 0 fully saturated rings. The largest absolute Gasteiger partial charge is 0.493 e. The van der Waals surface area contributed by atoms with Gasteiger partial charge in [-0.15, -0.1) is 5.10 Å². The van der Waals surface area contributed by atoms with Gasteiger partial charge in [0.05, 0.1) is 107 Å². The third-order valence-electron chi connectivity index (χ3n) is 12.0. The summed E-state index contributed by atoms with van der Waals surface area (Å²) in [6, 6.07) is 6.65. The molecular weight excluding hydrogens is 919 g/mol. The number of aromatic nitrogens is 3. The van der Waals surface area contributed by atoms with E-state index in [2.05, 4.69) is 20.6 Å². The normalized spacial score (nSPS) is 17.7. The van der Waals surface area contributed by atoms with Crippen molar-refractivity contribution in [3.8, 4) is 23.0 Å². The fourth-order valence-corrected chi connectivity index (χ4v) is 8.39. The molecule has 0 unspecified atom stereocenters. The van der Waals surface area contributed by atoms with Crippen LogP contribution in [-0.4, -0.2) is 157 Å². The number of carbonyl (C=O) groups is 5. The van der Waals surface area contributed by atoms with Crippen molar-refractivity contribution < 1.29 is 57.1 Å². The molecule has 5 aliphatic heterocycles. The first-order chi connectivity index (χ1) is 34.5. The molecule has 0 radical (unpaired) electrons. The smallest absolute Gasteiger partial charge is 0.260 e. The number of rotatable bonds is 27. The van der Waals surface area contributed by atoms with Crippen LogP contribution in [0, 0.1) is 0 Å². The molecule has 0 spiro atoms. The fraction of sp³-hybridized carbons (Fsp3) is 0.460. The molecule has 21 heteroatoms. The van der Waals surface area contributed by atoms with Gasteiger partial charge in [-0.2, -0.15) is 0 Å². The van der Waals surface area contributed by atoms with Gasteiger partial charge in [-0.1, -0.05) is 16.4 Å². The minimum absolute atomic E-state index is 0.0259. The quantitative estimate of drug-likeness (QED) is 0.0811. The van der Waals surface area contributed by atoms with E-state index in [-0.39, 0.29) is 49.4 Å². The second-order valence-electron chi connectivity index (χ2n) is 17.4. The van der Waals surface area contributed by atoms with Crippen LogP contribution in [-0.2, 0) is 41.7 Å². The molecule has 8 rings (SSSR count). The van der Waals surface area contributed by atoms with E-state index in [0.717, 1.165) is 41.7 Å². The van der Waals surface area contributed by atoms with Crippen LogP contribution in [0.25, 0.3) is 0 Å². The van der Waals surface area contributed by atoms with Crippen molar-refractivity contribution in [2.45, 2.75) is 77.6 Å². The Hall–Kier alpha value is -7.23. The zero-order valence-corrected chi connectivity index (χ0v) is 40.2. The fourth-order valence-electron chi connectivity index (χ4n) is 8.39. The van der Waals surface area contributed by atoms with Crippen molar-refractivity contribution in [1.29, 1.82) is 0 Å². The van der Waals surface area contributed by atoms with E-state index in [1.165, 1.54) is 12.2 Å². The van der Waals surface area contributed by atoms with Crippen LogP contribution in [0.1, 0.15) is 78.8 Å². The van der Waals surface area contributed by atoms with Crippen molar-refractivity contribution in [2.75, 3.05) is 73.1 Å². The highest BCUT2D eigenvalue weighted by Gasteiger charge is 2.34.